The summed E-state index contributed by atoms with van der Waals surface area (Å²) in [5, 5.41) is -0.321. The van der Waals surface area contributed by atoms with E-state index in [9.17, 15) is 4.79 Å². The first-order chi connectivity index (χ1) is 5.72. The molecule has 0 radical (unpaired) electrons. The molecule has 2 saturated heterocycles. The molecule has 2 heterocycles. The fourth-order valence-corrected chi connectivity index (χ4v) is 2.20. The van der Waals surface area contributed by atoms with E-state index in [1.165, 1.54) is 0 Å². The van der Waals surface area contributed by atoms with E-state index in [0.717, 1.165) is 39.1 Å². The van der Waals surface area contributed by atoms with Gasteiger partial charge in [-0.15, -0.1) is 0 Å². The maximum Gasteiger partial charge on any atom is 0.316 e. The number of ether oxygens (including phenoxy) is 1. The lowest BCUT2D eigenvalue weighted by Crippen LogP contribution is -2.28. The predicted octanol–water partition coefficient (Wildman–Crippen LogP) is 1.46. The number of halogens is 1. The standard InChI is InChI=1S/C8H12ClNO2/c9-7(11)10-3-1-8(5-10)2-4-12-6-8/h1-6H2. The first-order valence-corrected chi connectivity index (χ1v) is 4.62. The van der Waals surface area contributed by atoms with E-state index in [1.807, 2.05) is 0 Å². The van der Waals surface area contributed by atoms with Crippen LogP contribution in [0.15, 0.2) is 0 Å². The molecule has 12 heavy (non-hydrogen) atoms. The molecule has 2 rings (SSSR count). The Bertz CT molecular complexity index is 201. The van der Waals surface area contributed by atoms with Crippen molar-refractivity contribution >= 4 is 17.0 Å². The summed E-state index contributed by atoms with van der Waals surface area (Å²) in [4.78, 5) is 12.5. The Labute approximate surface area is 76.6 Å². The van der Waals surface area contributed by atoms with E-state index in [1.54, 1.807) is 4.90 Å². The summed E-state index contributed by atoms with van der Waals surface area (Å²) in [5.74, 6) is 0. The van der Waals surface area contributed by atoms with Gasteiger partial charge in [-0.05, 0) is 24.4 Å². The number of nitrogens with zero attached hydrogens (tertiary/aromatic N) is 1. The van der Waals surface area contributed by atoms with Gasteiger partial charge in [-0.1, -0.05) is 0 Å². The zero-order valence-electron chi connectivity index (χ0n) is 6.88. The fraction of sp³-hybridized carbons (Fsp3) is 0.875. The Morgan fingerprint density at radius 1 is 1.50 bits per heavy atom. The molecule has 1 unspecified atom stereocenters. The molecule has 2 fully saturated rings. The van der Waals surface area contributed by atoms with E-state index >= 15 is 0 Å². The quantitative estimate of drug-likeness (QED) is 0.427. The minimum Gasteiger partial charge on any atom is -0.381 e. The van der Waals surface area contributed by atoms with Crippen LogP contribution in [0.25, 0.3) is 0 Å². The number of hydrogen-bond donors (Lipinski definition) is 0. The second-order valence-corrected chi connectivity index (χ2v) is 4.05. The Morgan fingerprint density at radius 3 is 2.83 bits per heavy atom. The van der Waals surface area contributed by atoms with Crippen molar-refractivity contribution < 1.29 is 9.53 Å². The second-order valence-electron chi connectivity index (χ2n) is 3.73. The van der Waals surface area contributed by atoms with Crippen molar-refractivity contribution in [1.82, 2.24) is 4.90 Å². The van der Waals surface area contributed by atoms with Crippen LogP contribution in [0, 0.1) is 5.41 Å². The SMILES string of the molecule is O=C(Cl)N1CCC2(CCOC2)C1. The summed E-state index contributed by atoms with van der Waals surface area (Å²) >= 11 is 5.39. The van der Waals surface area contributed by atoms with Gasteiger partial charge in [0.1, 0.15) is 0 Å². The Balaban J connectivity index is 2.01. The van der Waals surface area contributed by atoms with Crippen molar-refractivity contribution in [3.05, 3.63) is 0 Å². The second kappa shape index (κ2) is 2.89. The van der Waals surface area contributed by atoms with Crippen molar-refractivity contribution in [3.8, 4) is 0 Å². The highest BCUT2D eigenvalue weighted by atomic mass is 35.5. The molecular weight excluding hydrogens is 178 g/mol. The molecule has 0 aromatic rings. The summed E-state index contributed by atoms with van der Waals surface area (Å²) in [6.07, 6.45) is 2.12. The molecule has 2 aliphatic rings. The molecule has 68 valence electrons. The number of rotatable bonds is 0. The average Bonchev–Trinajstić information content (AvgIpc) is 2.62. The van der Waals surface area contributed by atoms with E-state index in [2.05, 4.69) is 0 Å². The monoisotopic (exact) mass is 189 g/mol. The van der Waals surface area contributed by atoms with Crippen molar-refractivity contribution in [3.63, 3.8) is 0 Å². The van der Waals surface area contributed by atoms with Crippen LogP contribution in [0.2, 0.25) is 0 Å². The van der Waals surface area contributed by atoms with Gasteiger partial charge >= 0.3 is 5.37 Å². The van der Waals surface area contributed by atoms with Crippen LogP contribution in [-0.4, -0.2) is 36.6 Å². The smallest absolute Gasteiger partial charge is 0.316 e. The first-order valence-electron chi connectivity index (χ1n) is 4.24. The summed E-state index contributed by atoms with van der Waals surface area (Å²) in [5.41, 5.74) is 0.241. The lowest BCUT2D eigenvalue weighted by atomic mass is 9.87. The highest BCUT2D eigenvalue weighted by Gasteiger charge is 2.42. The molecule has 0 saturated carbocycles. The maximum atomic E-state index is 10.8. The molecule has 0 aromatic heterocycles. The third-order valence-electron chi connectivity index (χ3n) is 2.87. The minimum absolute atomic E-state index is 0.241. The van der Waals surface area contributed by atoms with Gasteiger partial charge in [-0.25, -0.2) is 0 Å². The molecule has 1 atom stereocenters. The Hall–Kier alpha value is -0.280. The molecule has 4 heteroatoms. The van der Waals surface area contributed by atoms with Gasteiger partial charge in [-0.3, -0.25) is 4.79 Å². The van der Waals surface area contributed by atoms with Gasteiger partial charge in [0.2, 0.25) is 0 Å². The number of amides is 1. The molecule has 0 aromatic carbocycles. The number of likely N-dealkylation sites (tertiary alicyclic amines) is 1. The van der Waals surface area contributed by atoms with Crippen LogP contribution < -0.4 is 0 Å². The van der Waals surface area contributed by atoms with Gasteiger partial charge in [-0.2, -0.15) is 0 Å². The van der Waals surface area contributed by atoms with Gasteiger partial charge < -0.3 is 9.64 Å². The lowest BCUT2D eigenvalue weighted by Gasteiger charge is -2.20. The van der Waals surface area contributed by atoms with Crippen LogP contribution in [0.5, 0.6) is 0 Å². The number of carbonyl (C=O) groups excluding carboxylic acids is 1. The molecule has 1 amide bonds. The zero-order valence-corrected chi connectivity index (χ0v) is 7.64. The Morgan fingerprint density at radius 2 is 2.33 bits per heavy atom. The summed E-state index contributed by atoms with van der Waals surface area (Å²) in [6, 6.07) is 0. The van der Waals surface area contributed by atoms with Crippen LogP contribution >= 0.6 is 11.6 Å². The first kappa shape index (κ1) is 8.32. The minimum atomic E-state index is -0.321. The third-order valence-corrected chi connectivity index (χ3v) is 3.11. The van der Waals surface area contributed by atoms with Gasteiger partial charge in [0.25, 0.3) is 0 Å². The molecule has 3 nitrogen and oxygen atoms in total. The van der Waals surface area contributed by atoms with Crippen LogP contribution in [-0.2, 0) is 4.74 Å². The molecular formula is C8H12ClNO2. The summed E-state index contributed by atoms with van der Waals surface area (Å²) in [7, 11) is 0. The fourth-order valence-electron chi connectivity index (χ4n) is 2.06. The molecule has 0 aliphatic carbocycles. The lowest BCUT2D eigenvalue weighted by molar-refractivity contribution is 0.154. The third kappa shape index (κ3) is 1.31. The largest absolute Gasteiger partial charge is 0.381 e. The van der Waals surface area contributed by atoms with Crippen molar-refractivity contribution in [2.75, 3.05) is 26.3 Å². The molecule has 2 aliphatic heterocycles. The molecule has 1 spiro atoms. The maximum absolute atomic E-state index is 10.8. The van der Waals surface area contributed by atoms with E-state index in [4.69, 9.17) is 16.3 Å². The molecule has 0 N–H and O–H groups in total. The highest BCUT2D eigenvalue weighted by molar-refractivity contribution is 6.62. The van der Waals surface area contributed by atoms with Crippen LogP contribution in [0.1, 0.15) is 12.8 Å². The predicted molar refractivity (Wildman–Crippen MR) is 45.3 cm³/mol. The average molecular weight is 190 g/mol. The summed E-state index contributed by atoms with van der Waals surface area (Å²) < 4.78 is 5.33. The van der Waals surface area contributed by atoms with E-state index in [-0.39, 0.29) is 10.8 Å². The van der Waals surface area contributed by atoms with Gasteiger partial charge in [0, 0.05) is 25.1 Å². The number of carbonyl (C=O) groups is 1. The van der Waals surface area contributed by atoms with Crippen LogP contribution in [0.4, 0.5) is 4.79 Å². The zero-order chi connectivity index (χ0) is 8.60. The van der Waals surface area contributed by atoms with Crippen molar-refractivity contribution in [2.45, 2.75) is 12.8 Å². The topological polar surface area (TPSA) is 29.5 Å². The van der Waals surface area contributed by atoms with E-state index < -0.39 is 0 Å². The summed E-state index contributed by atoms with van der Waals surface area (Å²) in [6.45, 7) is 3.22. The Kier molecular flexibility index (Phi) is 2.00. The van der Waals surface area contributed by atoms with Gasteiger partial charge in [0.05, 0.1) is 6.61 Å². The molecule has 0 bridgehead atoms. The normalized spacial score (nSPS) is 34.9. The van der Waals surface area contributed by atoms with Crippen molar-refractivity contribution in [2.24, 2.45) is 5.41 Å². The van der Waals surface area contributed by atoms with E-state index in [0.29, 0.717) is 0 Å². The van der Waals surface area contributed by atoms with Gasteiger partial charge in [0.15, 0.2) is 0 Å². The highest BCUT2D eigenvalue weighted by Crippen LogP contribution is 2.38. The number of hydrogen-bond acceptors (Lipinski definition) is 2. The van der Waals surface area contributed by atoms with Crippen LogP contribution in [0.3, 0.4) is 0 Å². The van der Waals surface area contributed by atoms with Crippen molar-refractivity contribution in [1.29, 1.82) is 0 Å².